The molecule has 2 fully saturated rings. The fourth-order valence-corrected chi connectivity index (χ4v) is 6.45. The Labute approximate surface area is 230 Å². The monoisotopic (exact) mass is 532 g/mol. The number of piperidine rings is 1. The third kappa shape index (κ3) is 6.83. The number of hydrogen-bond acceptors (Lipinski definition) is 6. The van der Waals surface area contributed by atoms with E-state index in [4.69, 9.17) is 0 Å². The number of aliphatic hydroxyl groups excluding tert-OH is 1. The summed E-state index contributed by atoms with van der Waals surface area (Å²) in [6.45, 7) is 6.93. The van der Waals surface area contributed by atoms with E-state index in [-0.39, 0.29) is 18.1 Å². The molecule has 1 aromatic heterocycles. The number of aliphatic hydroxyl groups is 1. The van der Waals surface area contributed by atoms with Gasteiger partial charge in [0, 0.05) is 39.6 Å². The Morgan fingerprint density at radius 1 is 1.05 bits per heavy atom. The van der Waals surface area contributed by atoms with Crippen LogP contribution >= 0.6 is 11.3 Å². The van der Waals surface area contributed by atoms with Crippen molar-refractivity contribution < 1.29 is 9.90 Å². The van der Waals surface area contributed by atoms with Gasteiger partial charge in [0.15, 0.2) is 0 Å². The molecule has 2 aromatic carbocycles. The van der Waals surface area contributed by atoms with Crippen molar-refractivity contribution in [1.29, 1.82) is 0 Å². The van der Waals surface area contributed by atoms with Crippen LogP contribution in [0.15, 0.2) is 54.6 Å². The Hall–Kier alpha value is -2.71. The first-order valence-corrected chi connectivity index (χ1v) is 14.8. The summed E-state index contributed by atoms with van der Waals surface area (Å²) in [4.78, 5) is 15.8. The van der Waals surface area contributed by atoms with Gasteiger partial charge in [0.1, 0.15) is 0 Å². The third-order valence-electron chi connectivity index (χ3n) is 7.84. The molecule has 3 aromatic rings. The van der Waals surface area contributed by atoms with Crippen LogP contribution in [-0.4, -0.2) is 42.3 Å². The van der Waals surface area contributed by atoms with Crippen LogP contribution in [0.5, 0.6) is 0 Å². The Kier molecular flexibility index (Phi) is 8.79. The fourth-order valence-electron chi connectivity index (χ4n) is 5.49. The van der Waals surface area contributed by atoms with Gasteiger partial charge in [-0.2, -0.15) is 0 Å². The molecule has 2 heterocycles. The van der Waals surface area contributed by atoms with Crippen LogP contribution in [0.3, 0.4) is 0 Å². The van der Waals surface area contributed by atoms with Gasteiger partial charge in [-0.1, -0.05) is 24.3 Å². The number of hydrogen-bond donors (Lipinski definition) is 5. The van der Waals surface area contributed by atoms with E-state index in [9.17, 15) is 9.90 Å². The number of benzene rings is 2. The largest absolute Gasteiger partial charge is 0.393 e. The second-order valence-electron chi connectivity index (χ2n) is 10.8. The van der Waals surface area contributed by atoms with E-state index in [1.165, 1.54) is 15.3 Å². The maximum atomic E-state index is 13.3. The number of anilines is 1. The highest BCUT2D eigenvalue weighted by Crippen LogP contribution is 2.31. The van der Waals surface area contributed by atoms with Gasteiger partial charge in [-0.25, -0.2) is 0 Å². The van der Waals surface area contributed by atoms with Crippen LogP contribution in [0.1, 0.15) is 71.4 Å². The number of thiophene rings is 1. The number of nitrogens with one attached hydrogen (secondary N) is 4. The van der Waals surface area contributed by atoms with Crippen LogP contribution in [0.4, 0.5) is 5.69 Å². The normalized spacial score (nSPS) is 20.8. The van der Waals surface area contributed by atoms with Crippen molar-refractivity contribution >= 4 is 22.9 Å². The Morgan fingerprint density at radius 3 is 2.68 bits per heavy atom. The number of rotatable bonds is 9. The van der Waals surface area contributed by atoms with Crippen molar-refractivity contribution in [2.45, 2.75) is 76.7 Å². The molecule has 38 heavy (non-hydrogen) atoms. The predicted molar refractivity (Wildman–Crippen MR) is 157 cm³/mol. The molecule has 1 aliphatic heterocycles. The van der Waals surface area contributed by atoms with Crippen molar-refractivity contribution in [3.63, 3.8) is 0 Å². The standard InChI is InChI=1S/C31H40N4O2S/c1-20-6-7-26(35-24-12-14-32-15-13-24)18-29(20)31(37)34-21(2)22-4-3-5-23(16-22)30-11-10-28(38-30)19-33-25-8-9-27(36)17-25/h3-7,10-11,16,18,21,24-25,27,32-33,35-36H,8-9,12-15,17,19H2,1-2H3,(H,34,37)/t21-,25+,27-/m1/s1. The summed E-state index contributed by atoms with van der Waals surface area (Å²) in [6.07, 6.45) is 4.83. The van der Waals surface area contributed by atoms with Gasteiger partial charge in [-0.15, -0.1) is 11.3 Å². The first-order chi connectivity index (χ1) is 18.4. The Bertz CT molecular complexity index is 1240. The summed E-state index contributed by atoms with van der Waals surface area (Å²) in [7, 11) is 0. The average Bonchev–Trinajstić information content (AvgIpc) is 3.58. The highest BCUT2D eigenvalue weighted by atomic mass is 32.1. The molecule has 5 rings (SSSR count). The van der Waals surface area contributed by atoms with Gasteiger partial charge < -0.3 is 26.4 Å². The van der Waals surface area contributed by atoms with E-state index in [1.807, 2.05) is 26.0 Å². The molecule has 7 heteroatoms. The smallest absolute Gasteiger partial charge is 0.252 e. The van der Waals surface area contributed by atoms with Gasteiger partial charge in [0.05, 0.1) is 12.1 Å². The van der Waals surface area contributed by atoms with Crippen LogP contribution in [0.2, 0.25) is 0 Å². The highest BCUT2D eigenvalue weighted by molar-refractivity contribution is 7.15. The lowest BCUT2D eigenvalue weighted by atomic mass is 10.0. The van der Waals surface area contributed by atoms with E-state index < -0.39 is 0 Å². The second-order valence-corrected chi connectivity index (χ2v) is 12.0. The fraction of sp³-hybridized carbons (Fsp3) is 0.452. The number of amides is 1. The Morgan fingerprint density at radius 2 is 1.89 bits per heavy atom. The van der Waals surface area contributed by atoms with Crippen molar-refractivity contribution in [2.75, 3.05) is 18.4 Å². The molecule has 0 bridgehead atoms. The highest BCUT2D eigenvalue weighted by Gasteiger charge is 2.22. The second kappa shape index (κ2) is 12.4. The molecule has 3 atom stereocenters. The summed E-state index contributed by atoms with van der Waals surface area (Å²) in [5, 5.41) is 23.6. The van der Waals surface area contributed by atoms with Crippen molar-refractivity contribution in [1.82, 2.24) is 16.0 Å². The molecule has 6 nitrogen and oxygen atoms in total. The van der Waals surface area contributed by atoms with Gasteiger partial charge in [-0.3, -0.25) is 4.79 Å². The average molecular weight is 533 g/mol. The van der Waals surface area contributed by atoms with Crippen LogP contribution in [0, 0.1) is 6.92 Å². The minimum Gasteiger partial charge on any atom is -0.393 e. The molecular formula is C31H40N4O2S. The quantitative estimate of drug-likeness (QED) is 0.255. The summed E-state index contributed by atoms with van der Waals surface area (Å²) < 4.78 is 0. The van der Waals surface area contributed by atoms with Gasteiger partial charge in [0.2, 0.25) is 0 Å². The molecule has 0 unspecified atom stereocenters. The first kappa shape index (κ1) is 26.9. The maximum Gasteiger partial charge on any atom is 0.252 e. The lowest BCUT2D eigenvalue weighted by Gasteiger charge is -2.25. The molecule has 202 valence electrons. The summed E-state index contributed by atoms with van der Waals surface area (Å²) in [6, 6.07) is 19.7. The molecule has 2 aliphatic rings. The minimum atomic E-state index is -0.152. The topological polar surface area (TPSA) is 85.4 Å². The summed E-state index contributed by atoms with van der Waals surface area (Å²) in [5.74, 6) is -0.0455. The van der Waals surface area contributed by atoms with Crippen molar-refractivity contribution in [3.05, 3.63) is 76.2 Å². The minimum absolute atomic E-state index is 0.0455. The summed E-state index contributed by atoms with van der Waals surface area (Å²) >= 11 is 1.80. The number of carbonyl (C=O) groups excluding carboxylic acids is 1. The molecule has 1 saturated heterocycles. The van der Waals surface area contributed by atoms with E-state index >= 15 is 0 Å². The first-order valence-electron chi connectivity index (χ1n) is 13.9. The van der Waals surface area contributed by atoms with Crippen molar-refractivity contribution in [3.8, 4) is 10.4 Å². The molecular weight excluding hydrogens is 492 g/mol. The SMILES string of the molecule is Cc1ccc(NC2CCNCC2)cc1C(=O)N[C@H](C)c1cccc(-c2ccc(CN[C@H]3CC[C@@H](O)C3)s2)c1. The van der Waals surface area contributed by atoms with Crippen LogP contribution in [-0.2, 0) is 6.54 Å². The third-order valence-corrected chi connectivity index (χ3v) is 8.98. The molecule has 1 amide bonds. The number of carbonyl (C=O) groups is 1. The maximum absolute atomic E-state index is 13.3. The van der Waals surface area contributed by atoms with Gasteiger partial charge in [-0.05, 0) is 106 Å². The zero-order chi connectivity index (χ0) is 26.5. The molecule has 0 spiro atoms. The molecule has 0 radical (unpaired) electrons. The van der Waals surface area contributed by atoms with E-state index in [2.05, 4.69) is 63.7 Å². The van der Waals surface area contributed by atoms with E-state index in [0.29, 0.717) is 12.1 Å². The number of aryl methyl sites for hydroxylation is 1. The predicted octanol–water partition coefficient (Wildman–Crippen LogP) is 5.38. The molecule has 1 aliphatic carbocycles. The lowest BCUT2D eigenvalue weighted by molar-refractivity contribution is 0.0939. The van der Waals surface area contributed by atoms with Crippen LogP contribution < -0.4 is 21.3 Å². The molecule has 5 N–H and O–H groups in total. The van der Waals surface area contributed by atoms with Gasteiger partial charge >= 0.3 is 0 Å². The zero-order valence-corrected chi connectivity index (χ0v) is 23.2. The van der Waals surface area contributed by atoms with Crippen molar-refractivity contribution in [2.24, 2.45) is 0 Å². The van der Waals surface area contributed by atoms with E-state index in [1.54, 1.807) is 11.3 Å². The Balaban J connectivity index is 1.21. The van der Waals surface area contributed by atoms with E-state index in [0.717, 1.165) is 74.1 Å². The lowest BCUT2D eigenvalue weighted by Crippen LogP contribution is -2.35. The van der Waals surface area contributed by atoms with Crippen LogP contribution in [0.25, 0.3) is 10.4 Å². The van der Waals surface area contributed by atoms with Gasteiger partial charge in [0.25, 0.3) is 5.91 Å². The summed E-state index contributed by atoms with van der Waals surface area (Å²) in [5.41, 5.74) is 4.96. The zero-order valence-electron chi connectivity index (χ0n) is 22.4. The molecule has 1 saturated carbocycles.